The van der Waals surface area contributed by atoms with E-state index in [-0.39, 0.29) is 17.5 Å². The molecule has 3 fully saturated rings. The Labute approximate surface area is 263 Å². The van der Waals surface area contributed by atoms with Gasteiger partial charge in [-0.3, -0.25) is 19.7 Å². The number of rotatable bonds is 9. The molecule has 0 aliphatic carbocycles. The van der Waals surface area contributed by atoms with E-state index in [1.54, 1.807) is 25.1 Å². The van der Waals surface area contributed by atoms with E-state index < -0.39 is 23.8 Å². The quantitative estimate of drug-likeness (QED) is 0.286. The van der Waals surface area contributed by atoms with Crippen LogP contribution in [-0.2, 0) is 14.3 Å². The number of likely N-dealkylation sites (tertiary alicyclic amines) is 1. The van der Waals surface area contributed by atoms with Gasteiger partial charge in [-0.25, -0.2) is 8.78 Å². The summed E-state index contributed by atoms with van der Waals surface area (Å²) in [6.45, 7) is 8.23. The number of hydrogen-bond donors (Lipinski definition) is 1. The maximum absolute atomic E-state index is 15.8. The first-order valence-corrected chi connectivity index (χ1v) is 16.2. The highest BCUT2D eigenvalue weighted by molar-refractivity contribution is 5.75. The number of nitrogens with zero attached hydrogens (tertiary/aromatic N) is 3. The number of carbonyl (C=O) groups is 1. The van der Waals surface area contributed by atoms with Crippen LogP contribution >= 0.6 is 0 Å². The van der Waals surface area contributed by atoms with Gasteiger partial charge in [-0.2, -0.15) is 0 Å². The van der Waals surface area contributed by atoms with Crippen molar-refractivity contribution in [2.24, 2.45) is 5.92 Å². The Kier molecular flexibility index (Phi) is 10.0. The van der Waals surface area contributed by atoms with Crippen LogP contribution in [0.4, 0.5) is 8.78 Å². The number of ether oxygens (including phenoxy) is 3. The first-order valence-electron chi connectivity index (χ1n) is 16.2. The largest absolute Gasteiger partial charge is 0.485 e. The van der Waals surface area contributed by atoms with E-state index in [2.05, 4.69) is 15.2 Å². The van der Waals surface area contributed by atoms with Crippen molar-refractivity contribution in [3.63, 3.8) is 0 Å². The minimum absolute atomic E-state index is 0.0366. The molecule has 10 heteroatoms. The van der Waals surface area contributed by atoms with Gasteiger partial charge < -0.3 is 19.5 Å². The second kappa shape index (κ2) is 14.3. The summed E-state index contributed by atoms with van der Waals surface area (Å²) in [7, 11) is 0. The third-order valence-corrected chi connectivity index (χ3v) is 9.46. The van der Waals surface area contributed by atoms with Crippen LogP contribution in [0.3, 0.4) is 0 Å². The molecule has 3 aliphatic heterocycles. The summed E-state index contributed by atoms with van der Waals surface area (Å²) in [6.07, 6.45) is 6.42. The molecule has 1 aromatic carbocycles. The fourth-order valence-corrected chi connectivity index (χ4v) is 7.09. The second-order valence-corrected chi connectivity index (χ2v) is 12.2. The molecule has 4 atom stereocenters. The Morgan fingerprint density at radius 3 is 2.69 bits per heavy atom. The van der Waals surface area contributed by atoms with E-state index in [0.29, 0.717) is 55.0 Å². The van der Waals surface area contributed by atoms with E-state index in [9.17, 15) is 9.18 Å². The fourth-order valence-electron chi connectivity index (χ4n) is 7.09. The average Bonchev–Trinajstić information content (AvgIpc) is 3.62. The molecular formula is C35H42F2N4O4. The summed E-state index contributed by atoms with van der Waals surface area (Å²) in [6, 6.07) is 11.1. The van der Waals surface area contributed by atoms with E-state index in [0.717, 1.165) is 63.0 Å². The Morgan fingerprint density at radius 1 is 1.09 bits per heavy atom. The molecule has 4 unspecified atom stereocenters. The van der Waals surface area contributed by atoms with Gasteiger partial charge in [0.2, 0.25) is 0 Å². The van der Waals surface area contributed by atoms with Crippen molar-refractivity contribution in [3.8, 4) is 16.9 Å². The zero-order chi connectivity index (χ0) is 31.3. The Balaban J connectivity index is 1.26. The Morgan fingerprint density at radius 2 is 1.91 bits per heavy atom. The summed E-state index contributed by atoms with van der Waals surface area (Å²) in [5.74, 6) is -1.95. The molecule has 3 aliphatic rings. The fraction of sp³-hybridized carbons (Fsp3) is 0.514. The van der Waals surface area contributed by atoms with Gasteiger partial charge in [-0.05, 0) is 77.7 Å². The zero-order valence-corrected chi connectivity index (χ0v) is 26.0. The third-order valence-electron chi connectivity index (χ3n) is 9.46. The monoisotopic (exact) mass is 620 g/mol. The molecule has 0 radical (unpaired) electrons. The smallest absolute Gasteiger partial charge is 0.309 e. The van der Waals surface area contributed by atoms with Crippen LogP contribution < -0.4 is 10.1 Å². The van der Waals surface area contributed by atoms with Crippen molar-refractivity contribution in [3.05, 3.63) is 77.4 Å². The Bertz CT molecular complexity index is 1480. The molecule has 2 aromatic heterocycles. The van der Waals surface area contributed by atoms with Gasteiger partial charge >= 0.3 is 5.97 Å². The van der Waals surface area contributed by atoms with Crippen LogP contribution in [0.5, 0.6) is 5.75 Å². The van der Waals surface area contributed by atoms with Crippen molar-refractivity contribution >= 4 is 5.97 Å². The number of esters is 1. The molecule has 6 rings (SSSR count). The van der Waals surface area contributed by atoms with Crippen LogP contribution in [0, 0.1) is 17.6 Å². The maximum atomic E-state index is 15.8. The van der Waals surface area contributed by atoms with Crippen LogP contribution in [0.15, 0.2) is 48.8 Å². The van der Waals surface area contributed by atoms with Crippen molar-refractivity contribution < 1.29 is 27.8 Å². The number of benzene rings is 1. The van der Waals surface area contributed by atoms with Gasteiger partial charge in [0.25, 0.3) is 0 Å². The number of para-hydroxylation sites is 1. The topological polar surface area (TPSA) is 85.8 Å². The third kappa shape index (κ3) is 6.88. The van der Waals surface area contributed by atoms with Crippen molar-refractivity contribution in [1.82, 2.24) is 20.2 Å². The predicted molar refractivity (Wildman–Crippen MR) is 166 cm³/mol. The minimum atomic E-state index is -1.04. The number of hydrogen-bond acceptors (Lipinski definition) is 8. The van der Waals surface area contributed by atoms with E-state index >= 15 is 4.39 Å². The lowest BCUT2D eigenvalue weighted by Crippen LogP contribution is -2.41. The van der Waals surface area contributed by atoms with E-state index in [4.69, 9.17) is 19.2 Å². The van der Waals surface area contributed by atoms with E-state index in [1.807, 2.05) is 31.3 Å². The molecule has 3 aromatic rings. The molecule has 0 amide bonds. The van der Waals surface area contributed by atoms with Gasteiger partial charge in [0.15, 0.2) is 11.6 Å². The standard InChI is InChI=1S/C35H42F2N4O4/c1-3-44-35(42)24-10-15-38-29(19-24)34-31(32(37)28(36)20-40-34)27-7-4-5-9-30(27)45-22(2)26-8-6-14-39-33(26)23-11-16-41(17-12-23)25-13-18-43-21-25/h4-9,14,20,22-25,29,38H,3,10-13,15-19,21H2,1-2H3. The SMILES string of the molecule is CCOC(=O)C1CCNC(c2ncc(F)c(F)c2-c2ccccc2OC(C)c2cccnc2C2CCN(C3CCOC3)CC2)C1. The first-order chi connectivity index (χ1) is 21.9. The van der Waals surface area contributed by atoms with Crippen molar-refractivity contribution in [1.29, 1.82) is 0 Å². The highest BCUT2D eigenvalue weighted by Gasteiger charge is 2.34. The number of pyridine rings is 2. The predicted octanol–water partition coefficient (Wildman–Crippen LogP) is 6.13. The lowest BCUT2D eigenvalue weighted by molar-refractivity contribution is -0.149. The first kappa shape index (κ1) is 31.5. The van der Waals surface area contributed by atoms with Crippen molar-refractivity contribution in [2.75, 3.05) is 39.5 Å². The highest BCUT2D eigenvalue weighted by Crippen LogP contribution is 2.41. The van der Waals surface area contributed by atoms with Crippen molar-refractivity contribution in [2.45, 2.75) is 70.1 Å². The summed E-state index contributed by atoms with van der Waals surface area (Å²) in [5, 5.41) is 3.35. The summed E-state index contributed by atoms with van der Waals surface area (Å²) < 4.78 is 48.0. The molecular weight excluding hydrogens is 578 g/mol. The normalized spacial score (nSPS) is 23.5. The molecule has 8 nitrogen and oxygen atoms in total. The second-order valence-electron chi connectivity index (χ2n) is 12.2. The number of carbonyl (C=O) groups excluding carboxylic acids is 1. The molecule has 1 N–H and O–H groups in total. The van der Waals surface area contributed by atoms with Crippen LogP contribution in [0.25, 0.3) is 11.1 Å². The van der Waals surface area contributed by atoms with Gasteiger partial charge in [-0.15, -0.1) is 0 Å². The van der Waals surface area contributed by atoms with Gasteiger partial charge in [0.05, 0.1) is 42.8 Å². The molecule has 5 heterocycles. The van der Waals surface area contributed by atoms with Crippen LogP contribution in [0.2, 0.25) is 0 Å². The van der Waals surface area contributed by atoms with Crippen LogP contribution in [-0.4, -0.2) is 66.3 Å². The van der Waals surface area contributed by atoms with E-state index in [1.165, 1.54) is 0 Å². The van der Waals surface area contributed by atoms with Crippen LogP contribution in [0.1, 0.15) is 81.0 Å². The average molecular weight is 621 g/mol. The Hall–Kier alpha value is -3.47. The zero-order valence-electron chi connectivity index (χ0n) is 26.0. The molecule has 45 heavy (non-hydrogen) atoms. The lowest BCUT2D eigenvalue weighted by atomic mass is 9.87. The molecule has 240 valence electrons. The minimum Gasteiger partial charge on any atom is -0.485 e. The molecule has 3 saturated heterocycles. The maximum Gasteiger partial charge on any atom is 0.309 e. The molecule has 0 saturated carbocycles. The highest BCUT2D eigenvalue weighted by atomic mass is 19.2. The summed E-state index contributed by atoms with van der Waals surface area (Å²) in [5.41, 5.74) is 2.80. The lowest BCUT2D eigenvalue weighted by Gasteiger charge is -2.36. The van der Waals surface area contributed by atoms with Gasteiger partial charge in [0.1, 0.15) is 11.9 Å². The summed E-state index contributed by atoms with van der Waals surface area (Å²) in [4.78, 5) is 24.3. The molecule has 0 bridgehead atoms. The molecule has 0 spiro atoms. The van der Waals surface area contributed by atoms with Gasteiger partial charge in [0, 0.05) is 41.5 Å². The number of halogens is 2. The number of piperidine rings is 2. The number of nitrogens with one attached hydrogen (secondary N) is 1. The summed E-state index contributed by atoms with van der Waals surface area (Å²) >= 11 is 0. The van der Waals surface area contributed by atoms with Gasteiger partial charge in [-0.1, -0.05) is 24.3 Å². The number of aromatic nitrogens is 2.